The monoisotopic (exact) mass is 261 g/mol. The first-order valence-electron chi connectivity index (χ1n) is 6.58. The number of aliphatic hydroxyl groups is 1. The number of nitrogens with one attached hydrogen (secondary N) is 1. The number of aromatic nitrogens is 2. The number of aryl methyl sites for hydroxylation is 1. The van der Waals surface area contributed by atoms with Gasteiger partial charge in [-0.05, 0) is 18.6 Å². The zero-order chi connectivity index (χ0) is 13.7. The lowest BCUT2D eigenvalue weighted by molar-refractivity contribution is -0.121. The van der Waals surface area contributed by atoms with Gasteiger partial charge >= 0.3 is 0 Å². The number of hydrogen-bond acceptors (Lipinski definition) is 3. The van der Waals surface area contributed by atoms with Crippen LogP contribution in [0, 0.1) is 0 Å². The highest BCUT2D eigenvalue weighted by Crippen LogP contribution is 2.16. The van der Waals surface area contributed by atoms with Crippen LogP contribution in [-0.4, -0.2) is 33.7 Å². The highest BCUT2D eigenvalue weighted by atomic mass is 16.3. The van der Waals surface area contributed by atoms with Crippen LogP contribution in [0.15, 0.2) is 24.3 Å². The second-order valence-electron chi connectivity index (χ2n) is 4.43. The maximum atomic E-state index is 11.8. The Bertz CT molecular complexity index is 563. The molecule has 0 aliphatic heterocycles. The first-order chi connectivity index (χ1) is 9.26. The Morgan fingerprint density at radius 1 is 1.42 bits per heavy atom. The van der Waals surface area contributed by atoms with Gasteiger partial charge in [-0.15, -0.1) is 0 Å². The summed E-state index contributed by atoms with van der Waals surface area (Å²) in [7, 11) is 0. The van der Waals surface area contributed by atoms with E-state index in [1.807, 2.05) is 28.8 Å². The molecule has 1 heterocycles. The van der Waals surface area contributed by atoms with Gasteiger partial charge in [0.15, 0.2) is 0 Å². The standard InChI is InChI=1S/C14H19N3O2/c1-2-5-13-16-11-6-3-4-7-12(11)17(13)10-14(19)15-8-9-18/h3-4,6-7,18H,2,5,8-10H2,1H3,(H,15,19). The number of benzene rings is 1. The van der Waals surface area contributed by atoms with E-state index in [9.17, 15) is 4.79 Å². The molecule has 2 N–H and O–H groups in total. The van der Waals surface area contributed by atoms with Crippen molar-refractivity contribution in [2.75, 3.05) is 13.2 Å². The van der Waals surface area contributed by atoms with E-state index in [4.69, 9.17) is 5.11 Å². The molecule has 0 aliphatic rings. The van der Waals surface area contributed by atoms with Gasteiger partial charge in [-0.3, -0.25) is 4.79 Å². The summed E-state index contributed by atoms with van der Waals surface area (Å²) in [6, 6.07) is 7.82. The van der Waals surface area contributed by atoms with E-state index in [0.29, 0.717) is 0 Å². The maximum absolute atomic E-state index is 11.8. The third-order valence-corrected chi connectivity index (χ3v) is 2.94. The van der Waals surface area contributed by atoms with E-state index in [1.54, 1.807) is 0 Å². The summed E-state index contributed by atoms with van der Waals surface area (Å²) < 4.78 is 1.95. The van der Waals surface area contributed by atoms with E-state index in [1.165, 1.54) is 0 Å². The van der Waals surface area contributed by atoms with Crippen molar-refractivity contribution in [3.05, 3.63) is 30.1 Å². The van der Waals surface area contributed by atoms with Crippen molar-refractivity contribution < 1.29 is 9.90 Å². The first kappa shape index (κ1) is 13.5. The fourth-order valence-corrected chi connectivity index (χ4v) is 2.11. The van der Waals surface area contributed by atoms with Gasteiger partial charge in [0.1, 0.15) is 12.4 Å². The third-order valence-electron chi connectivity index (χ3n) is 2.94. The summed E-state index contributed by atoms with van der Waals surface area (Å²) in [5, 5.41) is 11.4. The number of aliphatic hydroxyl groups excluding tert-OH is 1. The average molecular weight is 261 g/mol. The van der Waals surface area contributed by atoms with Crippen LogP contribution in [0.25, 0.3) is 11.0 Å². The zero-order valence-electron chi connectivity index (χ0n) is 11.1. The molecule has 1 aromatic heterocycles. The Balaban J connectivity index is 2.28. The van der Waals surface area contributed by atoms with Crippen molar-refractivity contribution in [2.45, 2.75) is 26.3 Å². The molecule has 2 rings (SSSR count). The van der Waals surface area contributed by atoms with Crippen molar-refractivity contribution >= 4 is 16.9 Å². The van der Waals surface area contributed by atoms with Crippen LogP contribution >= 0.6 is 0 Å². The molecule has 2 aromatic rings. The SMILES string of the molecule is CCCc1nc2ccccc2n1CC(=O)NCCO. The quantitative estimate of drug-likeness (QED) is 0.818. The summed E-state index contributed by atoms with van der Waals surface area (Å²) in [5.41, 5.74) is 1.89. The number of imidazole rings is 1. The van der Waals surface area contributed by atoms with Crippen LogP contribution < -0.4 is 5.32 Å². The van der Waals surface area contributed by atoms with Gasteiger partial charge in [-0.25, -0.2) is 4.98 Å². The molecule has 19 heavy (non-hydrogen) atoms. The van der Waals surface area contributed by atoms with Crippen LogP contribution in [-0.2, 0) is 17.8 Å². The number of para-hydroxylation sites is 2. The predicted molar refractivity (Wildman–Crippen MR) is 73.8 cm³/mol. The van der Waals surface area contributed by atoms with Crippen molar-refractivity contribution in [2.24, 2.45) is 0 Å². The van der Waals surface area contributed by atoms with Crippen molar-refractivity contribution in [1.82, 2.24) is 14.9 Å². The van der Waals surface area contributed by atoms with Gasteiger partial charge in [-0.2, -0.15) is 0 Å². The molecule has 0 unspecified atom stereocenters. The number of fused-ring (bicyclic) bond motifs is 1. The van der Waals surface area contributed by atoms with E-state index in [2.05, 4.69) is 17.2 Å². The Morgan fingerprint density at radius 2 is 2.21 bits per heavy atom. The fraction of sp³-hybridized carbons (Fsp3) is 0.429. The molecular weight excluding hydrogens is 242 g/mol. The van der Waals surface area contributed by atoms with Gasteiger partial charge in [0, 0.05) is 13.0 Å². The summed E-state index contributed by atoms with van der Waals surface area (Å²) in [4.78, 5) is 16.4. The molecule has 0 spiro atoms. The largest absolute Gasteiger partial charge is 0.395 e. The molecule has 102 valence electrons. The van der Waals surface area contributed by atoms with Gasteiger partial charge < -0.3 is 15.0 Å². The highest BCUT2D eigenvalue weighted by molar-refractivity contribution is 5.81. The Labute approximate surface area is 112 Å². The molecule has 0 saturated heterocycles. The molecule has 5 nitrogen and oxygen atoms in total. The van der Waals surface area contributed by atoms with E-state index >= 15 is 0 Å². The van der Waals surface area contributed by atoms with Gasteiger partial charge in [0.05, 0.1) is 17.6 Å². The number of hydrogen-bond donors (Lipinski definition) is 2. The number of carbonyl (C=O) groups is 1. The summed E-state index contributed by atoms with van der Waals surface area (Å²) >= 11 is 0. The Morgan fingerprint density at radius 3 is 2.95 bits per heavy atom. The normalized spacial score (nSPS) is 10.8. The van der Waals surface area contributed by atoms with E-state index in [-0.39, 0.29) is 25.6 Å². The third kappa shape index (κ3) is 3.12. The smallest absolute Gasteiger partial charge is 0.240 e. The summed E-state index contributed by atoms with van der Waals surface area (Å²) in [6.45, 7) is 2.58. The average Bonchev–Trinajstić information content (AvgIpc) is 2.75. The molecule has 5 heteroatoms. The van der Waals surface area contributed by atoms with Gasteiger partial charge in [-0.1, -0.05) is 19.1 Å². The first-order valence-corrected chi connectivity index (χ1v) is 6.58. The minimum atomic E-state index is -0.102. The second-order valence-corrected chi connectivity index (χ2v) is 4.43. The van der Waals surface area contributed by atoms with Crippen molar-refractivity contribution in [1.29, 1.82) is 0 Å². The van der Waals surface area contributed by atoms with Crippen LogP contribution in [0.4, 0.5) is 0 Å². The van der Waals surface area contributed by atoms with Crippen LogP contribution in [0.3, 0.4) is 0 Å². The molecule has 0 saturated carbocycles. The Kier molecular flexibility index (Phi) is 4.52. The topological polar surface area (TPSA) is 67.2 Å². The molecule has 1 amide bonds. The molecule has 0 aliphatic carbocycles. The molecular formula is C14H19N3O2. The predicted octanol–water partition coefficient (Wildman–Crippen LogP) is 1.10. The molecule has 0 atom stereocenters. The zero-order valence-corrected chi connectivity index (χ0v) is 11.1. The van der Waals surface area contributed by atoms with Crippen LogP contribution in [0.2, 0.25) is 0 Å². The Hall–Kier alpha value is -1.88. The lowest BCUT2D eigenvalue weighted by atomic mass is 10.3. The minimum absolute atomic E-state index is 0.0434. The molecule has 0 bridgehead atoms. The van der Waals surface area contributed by atoms with Crippen molar-refractivity contribution in [3.63, 3.8) is 0 Å². The number of rotatable bonds is 6. The summed E-state index contributed by atoms with van der Waals surface area (Å²) in [6.07, 6.45) is 1.84. The molecule has 0 radical (unpaired) electrons. The summed E-state index contributed by atoms with van der Waals surface area (Å²) in [5.74, 6) is 0.831. The second kappa shape index (κ2) is 6.33. The lowest BCUT2D eigenvalue weighted by Gasteiger charge is -2.08. The minimum Gasteiger partial charge on any atom is -0.395 e. The van der Waals surface area contributed by atoms with E-state index in [0.717, 1.165) is 29.7 Å². The lowest BCUT2D eigenvalue weighted by Crippen LogP contribution is -2.30. The van der Waals surface area contributed by atoms with Crippen molar-refractivity contribution in [3.8, 4) is 0 Å². The maximum Gasteiger partial charge on any atom is 0.240 e. The number of nitrogens with zero attached hydrogens (tertiary/aromatic N) is 2. The van der Waals surface area contributed by atoms with Crippen LogP contribution in [0.5, 0.6) is 0 Å². The van der Waals surface area contributed by atoms with Gasteiger partial charge in [0.25, 0.3) is 0 Å². The number of amides is 1. The number of carbonyl (C=O) groups excluding carboxylic acids is 1. The van der Waals surface area contributed by atoms with Crippen LogP contribution in [0.1, 0.15) is 19.2 Å². The highest BCUT2D eigenvalue weighted by Gasteiger charge is 2.12. The van der Waals surface area contributed by atoms with E-state index < -0.39 is 0 Å². The molecule has 0 fully saturated rings. The van der Waals surface area contributed by atoms with Gasteiger partial charge in [0.2, 0.25) is 5.91 Å². The molecule has 1 aromatic carbocycles. The fourth-order valence-electron chi connectivity index (χ4n) is 2.11.